The molecule has 0 aliphatic rings. The Labute approximate surface area is 117 Å². The molecule has 0 aliphatic carbocycles. The van der Waals surface area contributed by atoms with Crippen molar-refractivity contribution in [2.75, 3.05) is 0 Å². The Kier molecular flexibility index (Phi) is 4.16. The first-order valence-corrected chi connectivity index (χ1v) is 6.47. The molecule has 19 heavy (non-hydrogen) atoms. The van der Waals surface area contributed by atoms with Gasteiger partial charge >= 0.3 is 0 Å². The highest BCUT2D eigenvalue weighted by molar-refractivity contribution is 7.71. The normalized spacial score (nSPS) is 10.4. The maximum atomic E-state index is 5.77. The van der Waals surface area contributed by atoms with Crippen molar-refractivity contribution in [3.8, 4) is 5.75 Å². The first kappa shape index (κ1) is 13.5. The molecule has 0 atom stereocenters. The van der Waals surface area contributed by atoms with Crippen LogP contribution in [0, 0.1) is 18.6 Å². The van der Waals surface area contributed by atoms with Crippen molar-refractivity contribution < 1.29 is 4.74 Å². The number of nitrogens with one attached hydrogen (secondary N) is 1. The van der Waals surface area contributed by atoms with Crippen molar-refractivity contribution in [1.29, 1.82) is 0 Å². The van der Waals surface area contributed by atoms with Gasteiger partial charge in [0.05, 0.1) is 0 Å². The van der Waals surface area contributed by atoms with Crippen LogP contribution in [-0.2, 0) is 13.2 Å². The van der Waals surface area contributed by atoms with Crippen LogP contribution in [0.3, 0.4) is 0 Å². The summed E-state index contributed by atoms with van der Waals surface area (Å²) in [7, 11) is 0. The van der Waals surface area contributed by atoms with Crippen molar-refractivity contribution in [2.45, 2.75) is 27.0 Å². The van der Waals surface area contributed by atoms with Crippen LogP contribution in [0.2, 0.25) is 0 Å². The Morgan fingerprint density at radius 2 is 2.05 bits per heavy atom. The lowest BCUT2D eigenvalue weighted by Gasteiger charge is -2.08. The number of benzene rings is 1. The van der Waals surface area contributed by atoms with E-state index in [4.69, 9.17) is 17.0 Å². The van der Waals surface area contributed by atoms with Crippen molar-refractivity contribution in [1.82, 2.24) is 14.8 Å². The van der Waals surface area contributed by atoms with Crippen molar-refractivity contribution in [2.24, 2.45) is 0 Å². The second-order valence-corrected chi connectivity index (χ2v) is 4.84. The first-order valence-electron chi connectivity index (χ1n) is 6.06. The lowest BCUT2D eigenvalue weighted by atomic mass is 10.1. The number of aromatic nitrogens is 3. The lowest BCUT2D eigenvalue weighted by Crippen LogP contribution is -2.06. The van der Waals surface area contributed by atoms with Crippen LogP contribution < -0.4 is 4.74 Å². The molecule has 0 amide bonds. The van der Waals surface area contributed by atoms with Gasteiger partial charge in [-0.3, -0.25) is 9.67 Å². The average Bonchev–Trinajstić information content (AvgIpc) is 2.68. The van der Waals surface area contributed by atoms with Crippen LogP contribution in [0.1, 0.15) is 17.0 Å². The fourth-order valence-corrected chi connectivity index (χ4v) is 2.17. The summed E-state index contributed by atoms with van der Waals surface area (Å²) < 4.78 is 8.22. The van der Waals surface area contributed by atoms with Gasteiger partial charge in [-0.05, 0) is 49.3 Å². The second-order valence-electron chi connectivity index (χ2n) is 4.46. The van der Waals surface area contributed by atoms with E-state index < -0.39 is 0 Å². The smallest absolute Gasteiger partial charge is 0.195 e. The Bertz CT molecular complexity index is 622. The summed E-state index contributed by atoms with van der Waals surface area (Å²) in [4.78, 5) is 0. The molecule has 0 saturated heterocycles. The van der Waals surface area contributed by atoms with Crippen LogP contribution in [0.15, 0.2) is 30.9 Å². The monoisotopic (exact) mass is 275 g/mol. The predicted molar refractivity (Wildman–Crippen MR) is 77.9 cm³/mol. The molecular weight excluding hydrogens is 258 g/mol. The van der Waals surface area contributed by atoms with Crippen LogP contribution in [0.25, 0.3) is 0 Å². The van der Waals surface area contributed by atoms with Gasteiger partial charge in [-0.2, -0.15) is 5.10 Å². The highest BCUT2D eigenvalue weighted by Crippen LogP contribution is 2.17. The van der Waals surface area contributed by atoms with Gasteiger partial charge in [0.2, 0.25) is 0 Å². The molecule has 0 fully saturated rings. The summed E-state index contributed by atoms with van der Waals surface area (Å²) in [5.41, 5.74) is 2.36. The van der Waals surface area contributed by atoms with E-state index in [0.29, 0.717) is 17.9 Å². The van der Waals surface area contributed by atoms with Crippen LogP contribution >= 0.6 is 12.2 Å². The number of ether oxygens (including phenoxy) is 1. The van der Waals surface area contributed by atoms with Gasteiger partial charge in [0.15, 0.2) is 10.6 Å². The standard InChI is InChI=1S/C14H17N3OS/c1-4-5-17-13(15-16-14(17)19)9-18-12-7-10(2)6-11(3)8-12/h4,6-8H,1,5,9H2,2-3H3,(H,16,19). The molecule has 4 nitrogen and oxygen atoms in total. The molecule has 1 aromatic heterocycles. The highest BCUT2D eigenvalue weighted by Gasteiger charge is 2.06. The topological polar surface area (TPSA) is 42.8 Å². The third kappa shape index (κ3) is 3.32. The molecule has 2 rings (SSSR count). The van der Waals surface area contributed by atoms with Crippen molar-refractivity contribution in [3.63, 3.8) is 0 Å². The van der Waals surface area contributed by atoms with Gasteiger partial charge in [-0.1, -0.05) is 12.1 Å². The van der Waals surface area contributed by atoms with Gasteiger partial charge in [0.1, 0.15) is 12.4 Å². The number of hydrogen-bond acceptors (Lipinski definition) is 3. The Morgan fingerprint density at radius 1 is 1.37 bits per heavy atom. The van der Waals surface area contributed by atoms with Gasteiger partial charge in [-0.15, -0.1) is 6.58 Å². The third-order valence-electron chi connectivity index (χ3n) is 2.71. The van der Waals surface area contributed by atoms with Crippen LogP contribution in [0.4, 0.5) is 0 Å². The Morgan fingerprint density at radius 3 is 2.68 bits per heavy atom. The quantitative estimate of drug-likeness (QED) is 0.672. The molecule has 0 unspecified atom stereocenters. The van der Waals surface area contributed by atoms with Crippen molar-refractivity contribution >= 4 is 12.2 Å². The van der Waals surface area contributed by atoms with E-state index >= 15 is 0 Å². The van der Waals surface area contributed by atoms with Crippen LogP contribution in [-0.4, -0.2) is 14.8 Å². The van der Waals surface area contributed by atoms with Gasteiger partial charge < -0.3 is 4.74 Å². The minimum absolute atomic E-state index is 0.379. The molecule has 0 spiro atoms. The molecule has 0 radical (unpaired) electrons. The summed E-state index contributed by atoms with van der Waals surface area (Å²) in [5, 5.41) is 6.94. The molecule has 0 bridgehead atoms. The third-order valence-corrected chi connectivity index (χ3v) is 3.02. The number of nitrogens with zero attached hydrogens (tertiary/aromatic N) is 2. The van der Waals surface area contributed by atoms with Gasteiger partial charge in [0.25, 0.3) is 0 Å². The molecule has 100 valence electrons. The van der Waals surface area contributed by atoms with E-state index in [1.54, 1.807) is 6.08 Å². The summed E-state index contributed by atoms with van der Waals surface area (Å²) in [5.74, 6) is 1.61. The fraction of sp³-hybridized carbons (Fsp3) is 0.286. The molecule has 1 heterocycles. The zero-order valence-electron chi connectivity index (χ0n) is 11.1. The van der Waals surface area contributed by atoms with Gasteiger partial charge in [-0.25, -0.2) is 0 Å². The molecule has 2 aromatic rings. The van der Waals surface area contributed by atoms with E-state index in [0.717, 1.165) is 11.6 Å². The molecule has 0 saturated carbocycles. The maximum absolute atomic E-state index is 5.77. The molecule has 1 N–H and O–H groups in total. The zero-order chi connectivity index (χ0) is 13.8. The van der Waals surface area contributed by atoms with Crippen LogP contribution in [0.5, 0.6) is 5.75 Å². The Hall–Kier alpha value is -1.88. The number of hydrogen-bond donors (Lipinski definition) is 1. The zero-order valence-corrected chi connectivity index (χ0v) is 12.0. The van der Waals surface area contributed by atoms with Crippen molar-refractivity contribution in [3.05, 3.63) is 52.6 Å². The summed E-state index contributed by atoms with van der Waals surface area (Å²) in [6, 6.07) is 6.12. The second kappa shape index (κ2) is 5.84. The predicted octanol–water partition coefficient (Wildman–Crippen LogP) is 3.32. The molecular formula is C14H17N3OS. The largest absolute Gasteiger partial charge is 0.486 e. The van der Waals surface area contributed by atoms with Gasteiger partial charge in [0, 0.05) is 6.54 Å². The van der Waals surface area contributed by atoms with E-state index in [9.17, 15) is 0 Å². The highest BCUT2D eigenvalue weighted by atomic mass is 32.1. The van der Waals surface area contributed by atoms with E-state index in [2.05, 4.69) is 22.8 Å². The summed E-state index contributed by atoms with van der Waals surface area (Å²) >= 11 is 5.15. The number of aryl methyl sites for hydroxylation is 2. The van der Waals surface area contributed by atoms with E-state index in [-0.39, 0.29) is 0 Å². The number of allylic oxidation sites excluding steroid dienone is 1. The number of aromatic amines is 1. The maximum Gasteiger partial charge on any atom is 0.195 e. The first-order chi connectivity index (χ1) is 9.10. The fourth-order valence-electron chi connectivity index (χ4n) is 1.94. The Balaban J connectivity index is 2.14. The minimum Gasteiger partial charge on any atom is -0.486 e. The van der Waals surface area contributed by atoms with E-state index in [1.807, 2.05) is 30.5 Å². The lowest BCUT2D eigenvalue weighted by molar-refractivity contribution is 0.289. The summed E-state index contributed by atoms with van der Waals surface area (Å²) in [6.45, 7) is 8.81. The molecule has 0 aliphatic heterocycles. The molecule has 1 aromatic carbocycles. The summed E-state index contributed by atoms with van der Waals surface area (Å²) in [6.07, 6.45) is 1.78. The minimum atomic E-state index is 0.379. The van der Waals surface area contributed by atoms with E-state index in [1.165, 1.54) is 11.1 Å². The molecule has 5 heteroatoms. The average molecular weight is 275 g/mol. The number of H-pyrrole nitrogens is 1. The SMILES string of the molecule is C=CCn1c(COc2cc(C)cc(C)c2)n[nH]c1=S. The number of rotatable bonds is 5.